The molecule has 0 amide bonds. The van der Waals surface area contributed by atoms with Crippen molar-refractivity contribution in [3.05, 3.63) is 40.1 Å². The molecule has 1 heterocycles. The largest absolute Gasteiger partial charge is 0.480 e. The minimum absolute atomic E-state index is 0.322. The highest BCUT2D eigenvalue weighted by Gasteiger charge is 2.20. The third kappa shape index (κ3) is 3.25. The Morgan fingerprint density at radius 3 is 2.76 bits per heavy atom. The van der Waals surface area contributed by atoms with Crippen LogP contribution in [-0.4, -0.2) is 23.5 Å². The molecule has 0 fully saturated rings. The van der Waals surface area contributed by atoms with E-state index >= 15 is 0 Å². The number of carbonyl (C=O) groups is 1. The van der Waals surface area contributed by atoms with E-state index < -0.39 is 6.10 Å². The Morgan fingerprint density at radius 1 is 1.33 bits per heavy atom. The lowest BCUT2D eigenvalue weighted by Crippen LogP contribution is -2.06. The van der Waals surface area contributed by atoms with Crippen LogP contribution in [0.3, 0.4) is 0 Å². The van der Waals surface area contributed by atoms with E-state index in [1.54, 1.807) is 25.1 Å². The van der Waals surface area contributed by atoms with Gasteiger partial charge in [-0.2, -0.15) is 0 Å². The zero-order valence-corrected chi connectivity index (χ0v) is 12.9. The second-order valence-electron chi connectivity index (χ2n) is 4.12. The molecule has 1 aromatic carbocycles. The molecule has 0 aliphatic rings. The number of ether oxygens (including phenoxy) is 2. The number of methoxy groups -OCH3 is 1. The molecule has 2 rings (SSSR count). The fraction of sp³-hybridized carbons (Fsp3) is 0.214. The normalized spacial score (nSPS) is 11.8. The van der Waals surface area contributed by atoms with E-state index in [-0.39, 0.29) is 0 Å². The standard InChI is InChI=1S/C14H12Cl2N2O3/c1-8(21-7-19)13-14(18-11(20-2)6-17-13)9-4-3-5-10(15)12(9)16/h3-8H,1-2H3. The summed E-state index contributed by atoms with van der Waals surface area (Å²) in [5, 5.41) is 0.745. The van der Waals surface area contributed by atoms with Crippen LogP contribution >= 0.6 is 23.2 Å². The number of benzene rings is 1. The first-order valence-corrected chi connectivity index (χ1v) is 6.78. The average molecular weight is 327 g/mol. The Labute approximate surface area is 131 Å². The molecule has 0 bridgehead atoms. The quantitative estimate of drug-likeness (QED) is 0.784. The number of nitrogens with zero attached hydrogens (tertiary/aromatic N) is 2. The van der Waals surface area contributed by atoms with Gasteiger partial charge in [-0.15, -0.1) is 0 Å². The molecule has 0 aliphatic heterocycles. The summed E-state index contributed by atoms with van der Waals surface area (Å²) < 4.78 is 10.0. The lowest BCUT2D eigenvalue weighted by atomic mass is 10.1. The summed E-state index contributed by atoms with van der Waals surface area (Å²) in [4.78, 5) is 19.1. The number of hydrogen-bond acceptors (Lipinski definition) is 5. The fourth-order valence-corrected chi connectivity index (χ4v) is 2.20. The maximum absolute atomic E-state index is 10.5. The molecule has 0 radical (unpaired) electrons. The van der Waals surface area contributed by atoms with Crippen LogP contribution in [-0.2, 0) is 9.53 Å². The van der Waals surface area contributed by atoms with Crippen molar-refractivity contribution in [2.24, 2.45) is 0 Å². The minimum atomic E-state index is -0.578. The molecular weight excluding hydrogens is 315 g/mol. The molecule has 1 aromatic heterocycles. The molecule has 1 unspecified atom stereocenters. The molecule has 0 saturated heterocycles. The van der Waals surface area contributed by atoms with Gasteiger partial charge in [0.05, 0.1) is 23.4 Å². The van der Waals surface area contributed by atoms with E-state index in [0.29, 0.717) is 39.3 Å². The van der Waals surface area contributed by atoms with Gasteiger partial charge in [-0.1, -0.05) is 35.3 Å². The second kappa shape index (κ2) is 6.74. The van der Waals surface area contributed by atoms with Crippen LogP contribution < -0.4 is 4.74 Å². The summed E-state index contributed by atoms with van der Waals surface area (Å²) in [6.45, 7) is 2.05. The monoisotopic (exact) mass is 326 g/mol. The Hall–Kier alpha value is -1.85. The molecule has 5 nitrogen and oxygen atoms in total. The number of halogens is 2. The SMILES string of the molecule is COc1cnc(C(C)OC=O)c(-c2cccc(Cl)c2Cl)n1. The third-order valence-corrected chi connectivity index (χ3v) is 3.66. The van der Waals surface area contributed by atoms with Crippen LogP contribution in [0.1, 0.15) is 18.7 Å². The Balaban J connectivity index is 2.63. The van der Waals surface area contributed by atoms with Crippen molar-refractivity contribution in [3.63, 3.8) is 0 Å². The summed E-state index contributed by atoms with van der Waals surface area (Å²) in [5.74, 6) is 0.322. The van der Waals surface area contributed by atoms with E-state index in [1.165, 1.54) is 13.3 Å². The summed E-state index contributed by atoms with van der Waals surface area (Å²) in [6, 6.07) is 5.18. The van der Waals surface area contributed by atoms with E-state index in [4.69, 9.17) is 32.7 Å². The predicted octanol–water partition coefficient (Wildman–Crippen LogP) is 3.69. The first kappa shape index (κ1) is 15.5. The molecule has 1 atom stereocenters. The van der Waals surface area contributed by atoms with Gasteiger partial charge in [-0.05, 0) is 13.0 Å². The smallest absolute Gasteiger partial charge is 0.293 e. The van der Waals surface area contributed by atoms with Gasteiger partial charge in [-0.25, -0.2) is 9.97 Å². The van der Waals surface area contributed by atoms with Crippen LogP contribution in [0.2, 0.25) is 10.0 Å². The summed E-state index contributed by atoms with van der Waals surface area (Å²) in [7, 11) is 1.48. The van der Waals surface area contributed by atoms with Gasteiger partial charge in [0.2, 0.25) is 5.88 Å². The van der Waals surface area contributed by atoms with Crippen molar-refractivity contribution < 1.29 is 14.3 Å². The lowest BCUT2D eigenvalue weighted by molar-refractivity contribution is -0.133. The molecule has 110 valence electrons. The molecule has 0 saturated carbocycles. The third-order valence-electron chi connectivity index (χ3n) is 2.84. The van der Waals surface area contributed by atoms with E-state index in [0.717, 1.165) is 0 Å². The van der Waals surface area contributed by atoms with E-state index in [2.05, 4.69) is 9.97 Å². The first-order chi connectivity index (χ1) is 10.1. The highest BCUT2D eigenvalue weighted by molar-refractivity contribution is 6.43. The molecule has 0 spiro atoms. The van der Waals surface area contributed by atoms with Gasteiger partial charge >= 0.3 is 0 Å². The van der Waals surface area contributed by atoms with Crippen molar-refractivity contribution in [2.45, 2.75) is 13.0 Å². The molecular formula is C14H12Cl2N2O3. The Kier molecular flexibility index (Phi) is 4.98. The summed E-state index contributed by atoms with van der Waals surface area (Å²) >= 11 is 12.3. The maximum Gasteiger partial charge on any atom is 0.293 e. The summed E-state index contributed by atoms with van der Waals surface area (Å²) in [6.07, 6.45) is 0.869. The zero-order chi connectivity index (χ0) is 15.4. The van der Waals surface area contributed by atoms with Gasteiger partial charge in [0.1, 0.15) is 17.5 Å². The van der Waals surface area contributed by atoms with Crippen molar-refractivity contribution in [3.8, 4) is 17.1 Å². The van der Waals surface area contributed by atoms with Gasteiger partial charge in [0.25, 0.3) is 6.47 Å². The highest BCUT2D eigenvalue weighted by atomic mass is 35.5. The van der Waals surface area contributed by atoms with Crippen molar-refractivity contribution in [2.75, 3.05) is 7.11 Å². The number of hydrogen-bond donors (Lipinski definition) is 0. The number of rotatable bonds is 5. The van der Waals surface area contributed by atoms with Crippen molar-refractivity contribution in [1.82, 2.24) is 9.97 Å². The van der Waals surface area contributed by atoms with Crippen molar-refractivity contribution >= 4 is 29.7 Å². The average Bonchev–Trinajstić information content (AvgIpc) is 2.49. The molecule has 2 aromatic rings. The van der Waals surface area contributed by atoms with Gasteiger partial charge in [0, 0.05) is 5.56 Å². The Bertz CT molecular complexity index is 665. The summed E-state index contributed by atoms with van der Waals surface area (Å²) in [5.41, 5.74) is 1.51. The van der Waals surface area contributed by atoms with Crippen LogP contribution in [0, 0.1) is 0 Å². The van der Waals surface area contributed by atoms with Gasteiger partial charge < -0.3 is 9.47 Å². The maximum atomic E-state index is 10.5. The molecule has 21 heavy (non-hydrogen) atoms. The van der Waals surface area contributed by atoms with Crippen LogP contribution in [0.25, 0.3) is 11.3 Å². The highest BCUT2D eigenvalue weighted by Crippen LogP contribution is 2.36. The lowest BCUT2D eigenvalue weighted by Gasteiger charge is -2.15. The van der Waals surface area contributed by atoms with Crippen molar-refractivity contribution in [1.29, 1.82) is 0 Å². The number of aromatic nitrogens is 2. The molecule has 0 aliphatic carbocycles. The van der Waals surface area contributed by atoms with Crippen LogP contribution in [0.15, 0.2) is 24.4 Å². The molecule has 0 N–H and O–H groups in total. The van der Waals surface area contributed by atoms with Gasteiger partial charge in [0.15, 0.2) is 0 Å². The second-order valence-corrected chi connectivity index (χ2v) is 4.91. The Morgan fingerprint density at radius 2 is 2.10 bits per heavy atom. The number of carbonyl (C=O) groups excluding carboxylic acids is 1. The van der Waals surface area contributed by atoms with Gasteiger partial charge in [-0.3, -0.25) is 4.79 Å². The van der Waals surface area contributed by atoms with E-state index in [9.17, 15) is 4.79 Å². The predicted molar refractivity (Wildman–Crippen MR) is 79.6 cm³/mol. The fourth-order valence-electron chi connectivity index (χ4n) is 1.81. The minimum Gasteiger partial charge on any atom is -0.480 e. The van der Waals surface area contributed by atoms with Crippen LogP contribution in [0.4, 0.5) is 0 Å². The zero-order valence-electron chi connectivity index (χ0n) is 11.3. The topological polar surface area (TPSA) is 61.3 Å². The first-order valence-electron chi connectivity index (χ1n) is 6.03. The van der Waals surface area contributed by atoms with Crippen LogP contribution in [0.5, 0.6) is 5.88 Å². The molecule has 7 heteroatoms. The van der Waals surface area contributed by atoms with E-state index in [1.807, 2.05) is 0 Å².